The van der Waals surface area contributed by atoms with Crippen molar-refractivity contribution in [1.82, 2.24) is 0 Å². The Morgan fingerprint density at radius 1 is 0.765 bits per heavy atom. The smallest absolute Gasteiger partial charge is 0.264 e. The average Bonchev–Trinajstić information content (AvgIpc) is 3.17. The minimum atomic E-state index is -4.01. The highest BCUT2D eigenvalue weighted by Crippen LogP contribution is 2.35. The summed E-state index contributed by atoms with van der Waals surface area (Å²) in [6.45, 7) is 0.227. The first-order valence-electron chi connectivity index (χ1n) is 9.87. The lowest BCUT2D eigenvalue weighted by atomic mass is 10.1. The minimum absolute atomic E-state index is 0.0820. The van der Waals surface area contributed by atoms with Gasteiger partial charge >= 0.3 is 0 Å². The molecule has 0 saturated heterocycles. The molecule has 3 aromatic carbocycles. The molecular weight excluding hydrogens is 522 g/mol. The number of anilines is 3. The van der Waals surface area contributed by atoms with E-state index in [1.807, 2.05) is 0 Å². The third-order valence-corrected chi connectivity index (χ3v) is 9.14. The molecule has 0 spiro atoms. The summed E-state index contributed by atoms with van der Waals surface area (Å²) in [6, 6.07) is 15.7. The molecule has 0 radical (unpaired) electrons. The van der Waals surface area contributed by atoms with Crippen LogP contribution in [0.2, 0.25) is 5.02 Å². The van der Waals surface area contributed by atoms with Gasteiger partial charge in [-0.05, 0) is 72.6 Å². The number of nitrogens with one attached hydrogen (secondary N) is 2. The van der Waals surface area contributed by atoms with Crippen LogP contribution in [0.1, 0.15) is 5.56 Å². The molecule has 1 heterocycles. The molecule has 0 unspecified atom stereocenters. The summed E-state index contributed by atoms with van der Waals surface area (Å²) in [7, 11) is -11.4. The van der Waals surface area contributed by atoms with Gasteiger partial charge in [-0.15, -0.1) is 0 Å². The summed E-state index contributed by atoms with van der Waals surface area (Å²) < 4.78 is 80.6. The van der Waals surface area contributed by atoms with E-state index in [2.05, 4.69) is 9.44 Å². The van der Waals surface area contributed by atoms with Crippen molar-refractivity contribution in [3.63, 3.8) is 0 Å². The number of rotatable bonds is 7. The third-order valence-electron chi connectivity index (χ3n) is 5.06. The lowest BCUT2D eigenvalue weighted by Crippen LogP contribution is -2.29. The molecule has 0 saturated carbocycles. The third kappa shape index (κ3) is 5.14. The van der Waals surface area contributed by atoms with Gasteiger partial charge in [-0.25, -0.2) is 25.3 Å². The summed E-state index contributed by atoms with van der Waals surface area (Å²) in [5.74, 6) is 0. The van der Waals surface area contributed by atoms with E-state index in [-0.39, 0.29) is 27.7 Å². The second kappa shape index (κ2) is 8.77. The average molecular weight is 542 g/mol. The Morgan fingerprint density at radius 3 is 1.97 bits per heavy atom. The molecule has 13 heteroatoms. The molecule has 1 aliphatic heterocycles. The zero-order chi connectivity index (χ0) is 24.7. The Hall–Kier alpha value is -2.80. The van der Waals surface area contributed by atoms with Crippen LogP contribution in [-0.2, 0) is 36.5 Å². The van der Waals surface area contributed by atoms with Gasteiger partial charge in [-0.1, -0.05) is 17.7 Å². The standard InChI is InChI=1S/C21H20ClN3O6S3/c1-32(26,27)23-17-6-10-19(11-7-17)33(28,29)24-18-5-2-15-12-13-25(21(15)14-18)34(30,31)20-8-3-16(22)4-9-20/h2-11,14,23-24H,12-13H2,1H3. The molecule has 9 nitrogen and oxygen atoms in total. The number of benzene rings is 3. The Balaban J connectivity index is 1.60. The normalized spacial score (nSPS) is 14.0. The SMILES string of the molecule is CS(=O)(=O)Nc1ccc(S(=O)(=O)Nc2ccc3c(c2)N(S(=O)(=O)c2ccc(Cl)cc2)CC3)cc1. The number of fused-ring (bicyclic) bond motifs is 1. The van der Waals surface area contributed by atoms with Crippen molar-refractivity contribution in [3.8, 4) is 0 Å². The van der Waals surface area contributed by atoms with E-state index in [1.54, 1.807) is 12.1 Å². The highest BCUT2D eigenvalue weighted by atomic mass is 35.5. The maximum atomic E-state index is 13.2. The van der Waals surface area contributed by atoms with Gasteiger partial charge in [-0.3, -0.25) is 13.7 Å². The Morgan fingerprint density at radius 2 is 1.35 bits per heavy atom. The number of nitrogens with zero attached hydrogens (tertiary/aromatic N) is 1. The number of hydrogen-bond acceptors (Lipinski definition) is 6. The van der Waals surface area contributed by atoms with Crippen molar-refractivity contribution in [2.45, 2.75) is 16.2 Å². The van der Waals surface area contributed by atoms with E-state index >= 15 is 0 Å². The van der Waals surface area contributed by atoms with Crippen LogP contribution in [0.3, 0.4) is 0 Å². The number of hydrogen-bond donors (Lipinski definition) is 2. The second-order valence-electron chi connectivity index (χ2n) is 7.63. The summed E-state index contributed by atoms with van der Waals surface area (Å²) >= 11 is 5.87. The summed E-state index contributed by atoms with van der Waals surface area (Å²) in [5, 5.41) is 0.414. The highest BCUT2D eigenvalue weighted by Gasteiger charge is 2.31. The Bertz CT molecular complexity index is 1550. The van der Waals surface area contributed by atoms with Crippen LogP contribution in [0.4, 0.5) is 17.1 Å². The van der Waals surface area contributed by atoms with Crippen molar-refractivity contribution < 1.29 is 25.3 Å². The molecular formula is C21H20ClN3O6S3. The van der Waals surface area contributed by atoms with Crippen LogP contribution < -0.4 is 13.7 Å². The fraction of sp³-hybridized carbons (Fsp3) is 0.143. The largest absolute Gasteiger partial charge is 0.284 e. The minimum Gasteiger partial charge on any atom is -0.284 e. The van der Waals surface area contributed by atoms with Gasteiger partial charge in [-0.2, -0.15) is 0 Å². The van der Waals surface area contributed by atoms with Gasteiger partial charge in [0, 0.05) is 17.3 Å². The van der Waals surface area contributed by atoms with Crippen LogP contribution in [0.25, 0.3) is 0 Å². The number of halogens is 1. The van der Waals surface area contributed by atoms with Gasteiger partial charge in [0.15, 0.2) is 0 Å². The van der Waals surface area contributed by atoms with E-state index in [4.69, 9.17) is 11.6 Å². The van der Waals surface area contributed by atoms with Crippen LogP contribution in [0, 0.1) is 0 Å². The Kier molecular flexibility index (Phi) is 6.27. The molecule has 0 bridgehead atoms. The molecule has 3 aromatic rings. The van der Waals surface area contributed by atoms with Crippen LogP contribution in [0.15, 0.2) is 76.5 Å². The fourth-order valence-corrected chi connectivity index (χ4v) is 6.76. The van der Waals surface area contributed by atoms with Gasteiger partial charge in [0.2, 0.25) is 10.0 Å². The monoisotopic (exact) mass is 541 g/mol. The van der Waals surface area contributed by atoms with Gasteiger partial charge < -0.3 is 0 Å². The Labute approximate surface area is 203 Å². The first kappa shape index (κ1) is 24.3. The molecule has 180 valence electrons. The maximum Gasteiger partial charge on any atom is 0.264 e. The highest BCUT2D eigenvalue weighted by molar-refractivity contribution is 7.93. The van der Waals surface area contributed by atoms with Crippen molar-refractivity contribution >= 4 is 58.7 Å². The van der Waals surface area contributed by atoms with Crippen LogP contribution >= 0.6 is 11.6 Å². The molecule has 34 heavy (non-hydrogen) atoms. The summed E-state index contributed by atoms with van der Waals surface area (Å²) in [5.41, 5.74) is 1.58. The van der Waals surface area contributed by atoms with Crippen molar-refractivity contribution in [2.75, 3.05) is 26.5 Å². The zero-order valence-electron chi connectivity index (χ0n) is 17.8. The van der Waals surface area contributed by atoms with Gasteiger partial charge in [0.25, 0.3) is 20.0 Å². The van der Waals surface area contributed by atoms with E-state index in [0.29, 0.717) is 17.1 Å². The molecule has 4 rings (SSSR count). The van der Waals surface area contributed by atoms with Crippen molar-refractivity contribution in [1.29, 1.82) is 0 Å². The first-order valence-corrected chi connectivity index (χ1v) is 15.1. The molecule has 1 aliphatic rings. The van der Waals surface area contributed by atoms with Gasteiger partial charge in [0.05, 0.1) is 27.4 Å². The maximum absolute atomic E-state index is 13.2. The summed E-state index contributed by atoms with van der Waals surface area (Å²) in [6.07, 6.45) is 1.48. The quantitative estimate of drug-likeness (QED) is 0.472. The molecule has 0 atom stereocenters. The predicted octanol–water partition coefficient (Wildman–Crippen LogP) is 3.26. The first-order chi connectivity index (χ1) is 15.8. The van der Waals surface area contributed by atoms with E-state index < -0.39 is 30.1 Å². The zero-order valence-corrected chi connectivity index (χ0v) is 21.0. The van der Waals surface area contributed by atoms with Crippen LogP contribution in [0.5, 0.6) is 0 Å². The van der Waals surface area contributed by atoms with Crippen LogP contribution in [-0.4, -0.2) is 38.1 Å². The van der Waals surface area contributed by atoms with Crippen molar-refractivity contribution in [2.24, 2.45) is 0 Å². The van der Waals surface area contributed by atoms with Gasteiger partial charge in [0.1, 0.15) is 0 Å². The second-order valence-corrected chi connectivity index (χ2v) is 13.4. The molecule has 2 N–H and O–H groups in total. The lowest BCUT2D eigenvalue weighted by molar-refractivity contribution is 0.592. The molecule has 0 aromatic heterocycles. The van der Waals surface area contributed by atoms with E-state index in [1.165, 1.54) is 58.9 Å². The topological polar surface area (TPSA) is 130 Å². The molecule has 0 aliphatic carbocycles. The molecule has 0 fully saturated rings. The van der Waals surface area contributed by atoms with Crippen molar-refractivity contribution in [3.05, 3.63) is 77.3 Å². The number of sulfonamides is 3. The van der Waals surface area contributed by atoms with E-state index in [9.17, 15) is 25.3 Å². The summed E-state index contributed by atoms with van der Waals surface area (Å²) in [4.78, 5) is -0.00350. The lowest BCUT2D eigenvalue weighted by Gasteiger charge is -2.20. The fourth-order valence-electron chi connectivity index (χ4n) is 3.53. The predicted molar refractivity (Wildman–Crippen MR) is 132 cm³/mol. The molecule has 0 amide bonds. The van der Waals surface area contributed by atoms with E-state index in [0.717, 1.165) is 11.8 Å².